The molecule has 0 bridgehead atoms. The molecule has 0 spiro atoms. The van der Waals surface area contributed by atoms with Gasteiger partial charge in [0.25, 0.3) is 5.24 Å². The molecule has 5 nitrogen and oxygen atoms in total. The number of anilines is 1. The SMILES string of the molecule is COC(=O)C(C)SC(=O)N(C)c1ccncc1. The van der Waals surface area contributed by atoms with Gasteiger partial charge >= 0.3 is 5.97 Å². The van der Waals surface area contributed by atoms with Gasteiger partial charge in [0.2, 0.25) is 0 Å². The third-order valence-electron chi connectivity index (χ3n) is 2.13. The van der Waals surface area contributed by atoms with Crippen LogP contribution >= 0.6 is 11.8 Å². The van der Waals surface area contributed by atoms with Crippen LogP contribution in [0.25, 0.3) is 0 Å². The van der Waals surface area contributed by atoms with Crippen molar-refractivity contribution in [3.63, 3.8) is 0 Å². The number of esters is 1. The van der Waals surface area contributed by atoms with Crippen molar-refractivity contribution < 1.29 is 14.3 Å². The summed E-state index contributed by atoms with van der Waals surface area (Å²) < 4.78 is 4.56. The molecule has 92 valence electrons. The first-order valence-electron chi connectivity index (χ1n) is 4.98. The maximum atomic E-state index is 11.8. The van der Waals surface area contributed by atoms with Gasteiger partial charge in [-0.2, -0.15) is 0 Å². The van der Waals surface area contributed by atoms with Crippen molar-refractivity contribution in [2.45, 2.75) is 12.2 Å². The van der Waals surface area contributed by atoms with Gasteiger partial charge in [0, 0.05) is 25.1 Å². The Kier molecular flexibility index (Phi) is 4.96. The van der Waals surface area contributed by atoms with Gasteiger partial charge < -0.3 is 9.64 Å². The fraction of sp³-hybridized carbons (Fsp3) is 0.364. The maximum Gasteiger partial charge on any atom is 0.319 e. The Labute approximate surface area is 104 Å². The van der Waals surface area contributed by atoms with Crippen molar-refractivity contribution in [1.29, 1.82) is 0 Å². The van der Waals surface area contributed by atoms with Gasteiger partial charge in [-0.25, -0.2) is 0 Å². The van der Waals surface area contributed by atoms with E-state index in [4.69, 9.17) is 0 Å². The molecule has 0 aliphatic heterocycles. The van der Waals surface area contributed by atoms with Crippen molar-refractivity contribution in [3.8, 4) is 0 Å². The third kappa shape index (κ3) is 3.74. The molecular formula is C11H14N2O3S. The molecule has 0 aliphatic carbocycles. The Morgan fingerprint density at radius 2 is 2.00 bits per heavy atom. The quantitative estimate of drug-likeness (QED) is 0.771. The molecule has 0 aliphatic rings. The summed E-state index contributed by atoms with van der Waals surface area (Å²) in [6.45, 7) is 1.63. The number of hydrogen-bond acceptors (Lipinski definition) is 5. The Morgan fingerprint density at radius 3 is 2.53 bits per heavy atom. The second-order valence-electron chi connectivity index (χ2n) is 3.31. The minimum Gasteiger partial charge on any atom is -0.468 e. The summed E-state index contributed by atoms with van der Waals surface area (Å²) in [6, 6.07) is 3.45. The van der Waals surface area contributed by atoms with E-state index in [1.54, 1.807) is 38.5 Å². The molecule has 1 aromatic heterocycles. The van der Waals surface area contributed by atoms with E-state index in [-0.39, 0.29) is 5.24 Å². The van der Waals surface area contributed by atoms with E-state index in [0.717, 1.165) is 17.4 Å². The van der Waals surface area contributed by atoms with Gasteiger partial charge in [0.05, 0.1) is 7.11 Å². The number of carbonyl (C=O) groups is 2. The van der Waals surface area contributed by atoms with Crippen LogP contribution in [0.1, 0.15) is 6.92 Å². The number of methoxy groups -OCH3 is 1. The highest BCUT2D eigenvalue weighted by Crippen LogP contribution is 2.20. The number of rotatable bonds is 3. The fourth-order valence-electron chi connectivity index (χ4n) is 1.12. The number of ether oxygens (including phenoxy) is 1. The topological polar surface area (TPSA) is 59.5 Å². The van der Waals surface area contributed by atoms with E-state index in [9.17, 15) is 9.59 Å². The predicted molar refractivity (Wildman–Crippen MR) is 67.1 cm³/mol. The van der Waals surface area contributed by atoms with E-state index >= 15 is 0 Å². The Morgan fingerprint density at radius 1 is 1.41 bits per heavy atom. The molecule has 1 aromatic rings. The molecule has 1 atom stereocenters. The highest BCUT2D eigenvalue weighted by molar-refractivity contribution is 8.14. The van der Waals surface area contributed by atoms with Crippen LogP contribution < -0.4 is 4.90 Å². The van der Waals surface area contributed by atoms with Gasteiger partial charge in [-0.05, 0) is 30.8 Å². The molecule has 1 heterocycles. The van der Waals surface area contributed by atoms with E-state index in [1.165, 1.54) is 12.0 Å². The van der Waals surface area contributed by atoms with E-state index in [2.05, 4.69) is 9.72 Å². The lowest BCUT2D eigenvalue weighted by Gasteiger charge is -2.17. The number of amides is 1. The van der Waals surface area contributed by atoms with Gasteiger partial charge in [-0.15, -0.1) is 0 Å². The van der Waals surface area contributed by atoms with Crippen LogP contribution in [0.2, 0.25) is 0 Å². The summed E-state index contributed by atoms with van der Waals surface area (Å²) in [5.41, 5.74) is 0.731. The first-order chi connectivity index (χ1) is 8.06. The predicted octanol–water partition coefficient (Wildman–Crippen LogP) is 1.93. The number of thioether (sulfide) groups is 1. The average molecular weight is 254 g/mol. The highest BCUT2D eigenvalue weighted by Gasteiger charge is 2.21. The van der Waals surface area contributed by atoms with Crippen molar-refractivity contribution in [2.24, 2.45) is 0 Å². The molecule has 0 radical (unpaired) electrons. The standard InChI is InChI=1S/C11H14N2O3S/c1-8(10(14)16-3)17-11(15)13(2)9-4-6-12-7-5-9/h4-8H,1-3H3. The third-order valence-corrected chi connectivity index (χ3v) is 3.16. The molecule has 0 aromatic carbocycles. The van der Waals surface area contributed by atoms with Crippen LogP contribution in [-0.4, -0.2) is 35.6 Å². The number of nitrogens with zero attached hydrogens (tertiary/aromatic N) is 2. The van der Waals surface area contributed by atoms with Crippen molar-refractivity contribution in [3.05, 3.63) is 24.5 Å². The highest BCUT2D eigenvalue weighted by atomic mass is 32.2. The number of carbonyl (C=O) groups excluding carboxylic acids is 2. The first kappa shape index (κ1) is 13.5. The molecule has 0 saturated carbocycles. The van der Waals surface area contributed by atoms with Gasteiger partial charge in [-0.3, -0.25) is 14.6 Å². The molecule has 1 unspecified atom stereocenters. The monoisotopic (exact) mass is 254 g/mol. The second kappa shape index (κ2) is 6.24. The minimum absolute atomic E-state index is 0.214. The van der Waals surface area contributed by atoms with Gasteiger partial charge in [0.15, 0.2) is 0 Å². The fourth-order valence-corrected chi connectivity index (χ4v) is 1.88. The van der Waals surface area contributed by atoms with Gasteiger partial charge in [0.1, 0.15) is 5.25 Å². The lowest BCUT2D eigenvalue weighted by Crippen LogP contribution is -2.26. The Bertz CT molecular complexity index is 397. The van der Waals surface area contributed by atoms with E-state index in [1.807, 2.05) is 0 Å². The second-order valence-corrected chi connectivity index (χ2v) is 4.61. The van der Waals surface area contributed by atoms with Crippen LogP contribution in [0.5, 0.6) is 0 Å². The molecular weight excluding hydrogens is 240 g/mol. The van der Waals surface area contributed by atoms with Crippen LogP contribution in [0.4, 0.5) is 10.5 Å². The summed E-state index contributed by atoms with van der Waals surface area (Å²) >= 11 is 0.927. The zero-order valence-electron chi connectivity index (χ0n) is 9.91. The Hall–Kier alpha value is -1.56. The number of aromatic nitrogens is 1. The molecule has 0 N–H and O–H groups in total. The molecule has 1 rings (SSSR count). The van der Waals surface area contributed by atoms with Crippen molar-refractivity contribution in [2.75, 3.05) is 19.1 Å². The molecule has 17 heavy (non-hydrogen) atoms. The Balaban J connectivity index is 2.62. The van der Waals surface area contributed by atoms with Crippen molar-refractivity contribution in [1.82, 2.24) is 4.98 Å². The van der Waals surface area contributed by atoms with Crippen LogP contribution in [0.3, 0.4) is 0 Å². The minimum atomic E-state index is -0.517. The van der Waals surface area contributed by atoms with Crippen molar-refractivity contribution >= 4 is 28.7 Å². The zero-order valence-corrected chi connectivity index (χ0v) is 10.7. The molecule has 1 amide bonds. The normalized spacial score (nSPS) is 11.7. The van der Waals surface area contributed by atoms with E-state index in [0.29, 0.717) is 0 Å². The molecule has 0 saturated heterocycles. The summed E-state index contributed by atoms with van der Waals surface area (Å²) in [4.78, 5) is 28.4. The molecule has 6 heteroatoms. The summed E-state index contributed by atoms with van der Waals surface area (Å²) in [6.07, 6.45) is 3.21. The van der Waals surface area contributed by atoms with Gasteiger partial charge in [-0.1, -0.05) is 0 Å². The smallest absolute Gasteiger partial charge is 0.319 e. The number of pyridine rings is 1. The lowest BCUT2D eigenvalue weighted by molar-refractivity contribution is -0.139. The average Bonchev–Trinajstić information content (AvgIpc) is 2.37. The largest absolute Gasteiger partial charge is 0.468 e. The zero-order chi connectivity index (χ0) is 12.8. The van der Waals surface area contributed by atoms with Crippen LogP contribution in [-0.2, 0) is 9.53 Å². The lowest BCUT2D eigenvalue weighted by atomic mass is 10.4. The number of hydrogen-bond donors (Lipinski definition) is 0. The maximum absolute atomic E-state index is 11.8. The summed E-state index contributed by atoms with van der Waals surface area (Å²) in [5.74, 6) is -0.411. The summed E-state index contributed by atoms with van der Waals surface area (Å²) in [7, 11) is 2.95. The van der Waals surface area contributed by atoms with E-state index < -0.39 is 11.2 Å². The van der Waals surface area contributed by atoms with Crippen LogP contribution in [0.15, 0.2) is 24.5 Å². The van der Waals surface area contributed by atoms with Crippen LogP contribution in [0, 0.1) is 0 Å². The molecule has 0 fully saturated rings. The first-order valence-corrected chi connectivity index (χ1v) is 5.86. The summed E-state index contributed by atoms with van der Waals surface area (Å²) in [5, 5.41) is -0.731.